The molecule has 0 aliphatic heterocycles. The van der Waals surface area contributed by atoms with Crippen molar-refractivity contribution in [3.63, 3.8) is 0 Å². The Bertz CT molecular complexity index is 284. The molecular formula is C14H21NO. The molecule has 1 aromatic carbocycles. The van der Waals surface area contributed by atoms with Crippen molar-refractivity contribution < 1.29 is 4.74 Å². The van der Waals surface area contributed by atoms with Crippen molar-refractivity contribution in [3.8, 4) is 0 Å². The zero-order valence-corrected chi connectivity index (χ0v) is 9.99. The number of allylic oxidation sites excluding steroid dienone is 1. The minimum absolute atomic E-state index is 0.520. The van der Waals surface area contributed by atoms with Crippen LogP contribution in [0.2, 0.25) is 0 Å². The standard InChI is InChI=1S/C14H21NO/c1-3-7-14(10-15-2)12-16-11-13-8-5-4-6-9-13/h3-6,8-9,14-15H,1,7,10-12H2,2H3. The van der Waals surface area contributed by atoms with E-state index < -0.39 is 0 Å². The first-order valence-corrected chi connectivity index (χ1v) is 5.74. The van der Waals surface area contributed by atoms with Crippen molar-refractivity contribution >= 4 is 0 Å². The van der Waals surface area contributed by atoms with E-state index in [0.717, 1.165) is 19.6 Å². The van der Waals surface area contributed by atoms with Gasteiger partial charge >= 0.3 is 0 Å². The van der Waals surface area contributed by atoms with Gasteiger partial charge in [0.15, 0.2) is 0 Å². The molecule has 2 nitrogen and oxygen atoms in total. The number of nitrogens with one attached hydrogen (secondary N) is 1. The summed E-state index contributed by atoms with van der Waals surface area (Å²) in [5.41, 5.74) is 1.23. The molecule has 0 aliphatic rings. The summed E-state index contributed by atoms with van der Waals surface area (Å²) in [7, 11) is 1.97. The highest BCUT2D eigenvalue weighted by Gasteiger charge is 2.05. The highest BCUT2D eigenvalue weighted by molar-refractivity contribution is 5.13. The van der Waals surface area contributed by atoms with E-state index in [1.165, 1.54) is 5.56 Å². The summed E-state index contributed by atoms with van der Waals surface area (Å²) in [5.74, 6) is 0.520. The van der Waals surface area contributed by atoms with Crippen molar-refractivity contribution in [1.82, 2.24) is 5.32 Å². The quantitative estimate of drug-likeness (QED) is 0.679. The van der Waals surface area contributed by atoms with Crippen molar-refractivity contribution in [2.24, 2.45) is 5.92 Å². The number of hydrogen-bond donors (Lipinski definition) is 1. The largest absolute Gasteiger partial charge is 0.376 e. The van der Waals surface area contributed by atoms with Gasteiger partial charge in [-0.15, -0.1) is 6.58 Å². The molecule has 0 fully saturated rings. The van der Waals surface area contributed by atoms with Crippen LogP contribution in [0.4, 0.5) is 0 Å². The molecule has 2 heteroatoms. The Morgan fingerprint density at radius 1 is 1.38 bits per heavy atom. The zero-order valence-electron chi connectivity index (χ0n) is 9.99. The van der Waals surface area contributed by atoms with Gasteiger partial charge in [-0.05, 0) is 24.9 Å². The van der Waals surface area contributed by atoms with Crippen molar-refractivity contribution in [3.05, 3.63) is 48.6 Å². The molecule has 0 spiro atoms. The van der Waals surface area contributed by atoms with Crippen molar-refractivity contribution in [2.75, 3.05) is 20.2 Å². The lowest BCUT2D eigenvalue weighted by Crippen LogP contribution is -2.22. The molecule has 88 valence electrons. The molecule has 0 saturated heterocycles. The van der Waals surface area contributed by atoms with Crippen molar-refractivity contribution in [1.29, 1.82) is 0 Å². The van der Waals surface area contributed by atoms with E-state index in [4.69, 9.17) is 4.74 Å². The molecule has 0 aromatic heterocycles. The summed E-state index contributed by atoms with van der Waals surface area (Å²) in [6, 6.07) is 10.3. The van der Waals surface area contributed by atoms with Crippen LogP contribution < -0.4 is 5.32 Å². The fourth-order valence-electron chi connectivity index (χ4n) is 1.65. The normalized spacial score (nSPS) is 12.3. The lowest BCUT2D eigenvalue weighted by Gasteiger charge is -2.14. The van der Waals surface area contributed by atoms with Gasteiger partial charge in [-0.1, -0.05) is 36.4 Å². The molecule has 0 bridgehead atoms. The number of ether oxygens (including phenoxy) is 1. The van der Waals surface area contributed by atoms with Gasteiger partial charge in [0.2, 0.25) is 0 Å². The SMILES string of the molecule is C=CCC(CNC)COCc1ccccc1. The molecule has 1 atom stereocenters. The van der Waals surface area contributed by atoms with Crippen molar-refractivity contribution in [2.45, 2.75) is 13.0 Å². The molecule has 0 radical (unpaired) electrons. The smallest absolute Gasteiger partial charge is 0.0717 e. The van der Waals surface area contributed by atoms with Crippen LogP contribution in [-0.2, 0) is 11.3 Å². The Morgan fingerprint density at radius 3 is 2.75 bits per heavy atom. The molecule has 0 amide bonds. The molecule has 1 rings (SSSR count). The summed E-state index contributed by atoms with van der Waals surface area (Å²) >= 11 is 0. The van der Waals surface area contributed by atoms with E-state index >= 15 is 0 Å². The summed E-state index contributed by atoms with van der Waals surface area (Å²) < 4.78 is 5.70. The van der Waals surface area contributed by atoms with E-state index in [0.29, 0.717) is 12.5 Å². The highest BCUT2D eigenvalue weighted by atomic mass is 16.5. The average Bonchev–Trinajstić information content (AvgIpc) is 2.31. The number of hydrogen-bond acceptors (Lipinski definition) is 2. The Balaban J connectivity index is 2.24. The predicted octanol–water partition coefficient (Wildman–Crippen LogP) is 2.61. The van der Waals surface area contributed by atoms with E-state index in [-0.39, 0.29) is 0 Å². The molecule has 0 heterocycles. The van der Waals surface area contributed by atoms with Crippen LogP contribution in [0.25, 0.3) is 0 Å². The number of benzene rings is 1. The van der Waals surface area contributed by atoms with Gasteiger partial charge in [-0.2, -0.15) is 0 Å². The van der Waals surface area contributed by atoms with Gasteiger partial charge in [-0.3, -0.25) is 0 Å². The summed E-state index contributed by atoms with van der Waals surface area (Å²) in [6.45, 7) is 6.21. The molecular weight excluding hydrogens is 198 g/mol. The Labute approximate surface area is 98.3 Å². The predicted molar refractivity (Wildman–Crippen MR) is 68.3 cm³/mol. The van der Waals surface area contributed by atoms with E-state index in [9.17, 15) is 0 Å². The Kier molecular flexibility index (Phi) is 6.54. The highest BCUT2D eigenvalue weighted by Crippen LogP contribution is 2.06. The van der Waals surface area contributed by atoms with Crippen LogP contribution >= 0.6 is 0 Å². The van der Waals surface area contributed by atoms with Gasteiger partial charge < -0.3 is 10.1 Å². The topological polar surface area (TPSA) is 21.3 Å². The Hall–Kier alpha value is -1.12. The summed E-state index contributed by atoms with van der Waals surface area (Å²) in [5, 5.41) is 3.17. The van der Waals surface area contributed by atoms with Gasteiger partial charge in [0.1, 0.15) is 0 Å². The minimum atomic E-state index is 0.520. The second kappa shape index (κ2) is 8.08. The molecule has 1 unspecified atom stereocenters. The summed E-state index contributed by atoms with van der Waals surface area (Å²) in [4.78, 5) is 0. The Morgan fingerprint density at radius 2 is 2.12 bits per heavy atom. The van der Waals surface area contributed by atoms with Crippen LogP contribution in [-0.4, -0.2) is 20.2 Å². The molecule has 1 N–H and O–H groups in total. The van der Waals surface area contributed by atoms with Gasteiger partial charge in [0.05, 0.1) is 13.2 Å². The minimum Gasteiger partial charge on any atom is -0.376 e. The molecule has 0 saturated carbocycles. The molecule has 1 aromatic rings. The zero-order chi connectivity index (χ0) is 11.6. The first kappa shape index (κ1) is 12.9. The maximum absolute atomic E-state index is 5.70. The van der Waals surface area contributed by atoms with Crippen LogP contribution in [0.5, 0.6) is 0 Å². The van der Waals surface area contributed by atoms with E-state index in [1.807, 2.05) is 31.3 Å². The van der Waals surface area contributed by atoms with E-state index in [1.54, 1.807) is 0 Å². The van der Waals surface area contributed by atoms with E-state index in [2.05, 4.69) is 24.0 Å². The third-order valence-corrected chi connectivity index (χ3v) is 2.46. The maximum atomic E-state index is 5.70. The second-order valence-electron chi connectivity index (χ2n) is 3.95. The van der Waals surface area contributed by atoms with Crippen LogP contribution in [0.1, 0.15) is 12.0 Å². The lowest BCUT2D eigenvalue weighted by molar-refractivity contribution is 0.0879. The molecule has 16 heavy (non-hydrogen) atoms. The van der Waals surface area contributed by atoms with Gasteiger partial charge in [-0.25, -0.2) is 0 Å². The lowest BCUT2D eigenvalue weighted by atomic mass is 10.1. The fraction of sp³-hybridized carbons (Fsp3) is 0.429. The average molecular weight is 219 g/mol. The fourth-order valence-corrected chi connectivity index (χ4v) is 1.65. The third kappa shape index (κ3) is 5.10. The third-order valence-electron chi connectivity index (χ3n) is 2.46. The van der Waals surface area contributed by atoms with Crippen LogP contribution in [0, 0.1) is 5.92 Å². The van der Waals surface area contributed by atoms with Crippen LogP contribution in [0.15, 0.2) is 43.0 Å². The second-order valence-corrected chi connectivity index (χ2v) is 3.95. The van der Waals surface area contributed by atoms with Crippen LogP contribution in [0.3, 0.4) is 0 Å². The summed E-state index contributed by atoms with van der Waals surface area (Å²) in [6.07, 6.45) is 2.95. The maximum Gasteiger partial charge on any atom is 0.0717 e. The monoisotopic (exact) mass is 219 g/mol. The number of rotatable bonds is 8. The van der Waals surface area contributed by atoms with Gasteiger partial charge in [0.25, 0.3) is 0 Å². The van der Waals surface area contributed by atoms with Gasteiger partial charge in [0, 0.05) is 6.54 Å². The molecule has 0 aliphatic carbocycles. The first-order chi connectivity index (χ1) is 7.86. The first-order valence-electron chi connectivity index (χ1n) is 5.74.